The average molecular weight is 435 g/mol. The largest absolute Gasteiger partial charge is 0.294 e. The molecule has 0 saturated carbocycles. The minimum Gasteiger partial charge on any atom is -0.294 e. The lowest BCUT2D eigenvalue weighted by Gasteiger charge is -2.20. The molecular weight excluding hydrogens is 412 g/mol. The molecule has 5 rings (SSSR count). The zero-order chi connectivity index (χ0) is 20.7. The van der Waals surface area contributed by atoms with Gasteiger partial charge in [0.1, 0.15) is 11.5 Å². The molecule has 0 saturated heterocycles. The van der Waals surface area contributed by atoms with Gasteiger partial charge in [-0.25, -0.2) is 0 Å². The first-order valence-electron chi connectivity index (χ1n) is 10.3. The molecule has 30 heavy (non-hydrogen) atoms. The molecule has 1 amide bonds. The fraction of sp³-hybridized carbons (Fsp3) is 0.292. The lowest BCUT2D eigenvalue weighted by atomic mass is 9.93. The molecule has 0 atom stereocenters. The number of hydrogen-bond acceptors (Lipinski definition) is 5. The van der Waals surface area contributed by atoms with Crippen LogP contribution in [0.3, 0.4) is 0 Å². The third-order valence-corrected chi connectivity index (χ3v) is 7.93. The van der Waals surface area contributed by atoms with Crippen LogP contribution in [0.2, 0.25) is 0 Å². The molecule has 0 spiro atoms. The number of hydrogen-bond donors (Lipinski definition) is 0. The summed E-state index contributed by atoms with van der Waals surface area (Å²) in [5.74, 6) is -0.151. The number of anilines is 1. The number of carbonyl (C=O) groups excluding carboxylic acids is 2. The standard InChI is InChI=1S/C24H22N2O2S2/c1-15-8-10-16(11-9-15)18(27)14-26-21(28)13-25-23(20-7-4-12-29-20)22-17-5-2-3-6-19(17)30-24(22)26/h4,7-12H,2-3,5-6,13-14H2,1H3. The van der Waals surface area contributed by atoms with Gasteiger partial charge in [-0.05, 0) is 49.6 Å². The van der Waals surface area contributed by atoms with E-state index in [9.17, 15) is 9.59 Å². The Kier molecular flexibility index (Phi) is 5.13. The van der Waals surface area contributed by atoms with E-state index in [0.717, 1.165) is 46.0 Å². The SMILES string of the molecule is Cc1ccc(C(=O)CN2C(=O)CN=C(c3cccs3)c3c2sc2c3CCCC2)cc1. The summed E-state index contributed by atoms with van der Waals surface area (Å²) in [4.78, 5) is 35.0. The normalized spacial score (nSPS) is 16.0. The molecule has 2 aliphatic rings. The first-order valence-corrected chi connectivity index (χ1v) is 11.9. The topological polar surface area (TPSA) is 49.7 Å². The third kappa shape index (κ3) is 3.44. The Morgan fingerprint density at radius 1 is 1.13 bits per heavy atom. The highest BCUT2D eigenvalue weighted by Crippen LogP contribution is 2.43. The van der Waals surface area contributed by atoms with Gasteiger partial charge in [0.25, 0.3) is 0 Å². The van der Waals surface area contributed by atoms with Crippen LogP contribution < -0.4 is 4.90 Å². The van der Waals surface area contributed by atoms with Gasteiger partial charge in [0.2, 0.25) is 5.91 Å². The molecule has 2 aromatic heterocycles. The monoisotopic (exact) mass is 434 g/mol. The van der Waals surface area contributed by atoms with Crippen LogP contribution in [-0.2, 0) is 17.6 Å². The van der Waals surface area contributed by atoms with Crippen molar-refractivity contribution in [3.8, 4) is 0 Å². The number of carbonyl (C=O) groups is 2. The van der Waals surface area contributed by atoms with E-state index in [1.54, 1.807) is 27.6 Å². The average Bonchev–Trinajstić information content (AvgIpc) is 3.39. The summed E-state index contributed by atoms with van der Waals surface area (Å²) in [6.07, 6.45) is 4.39. The van der Waals surface area contributed by atoms with E-state index in [1.807, 2.05) is 42.6 Å². The van der Waals surface area contributed by atoms with E-state index in [2.05, 4.69) is 6.07 Å². The molecule has 0 N–H and O–H groups in total. The van der Waals surface area contributed by atoms with Gasteiger partial charge in [0, 0.05) is 16.0 Å². The number of amides is 1. The predicted octanol–water partition coefficient (Wildman–Crippen LogP) is 5.06. The Labute approximate surface area is 183 Å². The molecule has 0 radical (unpaired) electrons. The van der Waals surface area contributed by atoms with E-state index in [0.29, 0.717) is 5.56 Å². The van der Waals surface area contributed by atoms with Crippen molar-refractivity contribution in [3.05, 3.63) is 73.8 Å². The maximum Gasteiger partial charge on any atom is 0.249 e. The number of rotatable bonds is 4. The fourth-order valence-corrected chi connectivity index (χ4v) is 6.30. The number of aryl methyl sites for hydroxylation is 2. The highest BCUT2D eigenvalue weighted by atomic mass is 32.1. The number of fused-ring (bicyclic) bond motifs is 3. The Balaban J connectivity index is 1.58. The van der Waals surface area contributed by atoms with E-state index < -0.39 is 0 Å². The fourth-order valence-electron chi connectivity index (χ4n) is 4.16. The van der Waals surface area contributed by atoms with Crippen molar-refractivity contribution in [1.82, 2.24) is 0 Å². The molecule has 152 valence electrons. The number of benzene rings is 1. The van der Waals surface area contributed by atoms with Crippen LogP contribution >= 0.6 is 22.7 Å². The van der Waals surface area contributed by atoms with E-state index in [4.69, 9.17) is 4.99 Å². The molecule has 1 aromatic carbocycles. The third-order valence-electron chi connectivity index (χ3n) is 5.74. The van der Waals surface area contributed by atoms with Gasteiger partial charge in [0.05, 0.1) is 17.1 Å². The van der Waals surface area contributed by atoms with E-state index in [-0.39, 0.29) is 24.8 Å². The minimum atomic E-state index is -0.109. The van der Waals surface area contributed by atoms with Crippen LogP contribution in [-0.4, -0.2) is 30.5 Å². The van der Waals surface area contributed by atoms with Crippen LogP contribution in [0.5, 0.6) is 0 Å². The van der Waals surface area contributed by atoms with Crippen molar-refractivity contribution < 1.29 is 9.59 Å². The van der Waals surface area contributed by atoms with Gasteiger partial charge in [-0.1, -0.05) is 35.9 Å². The Morgan fingerprint density at radius 2 is 1.93 bits per heavy atom. The van der Waals surface area contributed by atoms with E-state index >= 15 is 0 Å². The Morgan fingerprint density at radius 3 is 2.70 bits per heavy atom. The molecule has 3 heterocycles. The summed E-state index contributed by atoms with van der Waals surface area (Å²) < 4.78 is 0. The summed E-state index contributed by atoms with van der Waals surface area (Å²) >= 11 is 3.33. The molecule has 0 fully saturated rings. The first kappa shape index (κ1) is 19.4. The molecule has 0 bridgehead atoms. The van der Waals surface area contributed by atoms with E-state index in [1.165, 1.54) is 16.9 Å². The van der Waals surface area contributed by atoms with Crippen molar-refractivity contribution in [2.24, 2.45) is 4.99 Å². The molecule has 1 aliphatic carbocycles. The van der Waals surface area contributed by atoms with Crippen LogP contribution in [0, 0.1) is 6.92 Å². The number of ketones is 1. The maximum atomic E-state index is 13.1. The highest BCUT2D eigenvalue weighted by Gasteiger charge is 2.33. The smallest absolute Gasteiger partial charge is 0.249 e. The molecule has 6 heteroatoms. The van der Waals surface area contributed by atoms with Gasteiger partial charge < -0.3 is 0 Å². The van der Waals surface area contributed by atoms with Crippen LogP contribution in [0.25, 0.3) is 0 Å². The second kappa shape index (κ2) is 7.93. The summed E-state index contributed by atoms with van der Waals surface area (Å²) in [6.45, 7) is 2.13. The van der Waals surface area contributed by atoms with Gasteiger partial charge in [-0.3, -0.25) is 19.5 Å². The zero-order valence-electron chi connectivity index (χ0n) is 16.8. The van der Waals surface area contributed by atoms with Gasteiger partial charge >= 0.3 is 0 Å². The minimum absolute atomic E-state index is 0.0414. The predicted molar refractivity (Wildman–Crippen MR) is 124 cm³/mol. The highest BCUT2D eigenvalue weighted by molar-refractivity contribution is 7.17. The number of nitrogens with zero attached hydrogens (tertiary/aromatic N) is 2. The summed E-state index contributed by atoms with van der Waals surface area (Å²) in [6, 6.07) is 11.6. The maximum absolute atomic E-state index is 13.1. The number of thiophene rings is 2. The summed E-state index contributed by atoms with van der Waals surface area (Å²) in [5.41, 5.74) is 5.08. The number of Topliss-reactive ketones (excluding diaryl/α,β-unsaturated/α-hetero) is 1. The quantitative estimate of drug-likeness (QED) is 0.539. The summed E-state index contributed by atoms with van der Waals surface area (Å²) in [5, 5.41) is 2.94. The van der Waals surface area contributed by atoms with Gasteiger partial charge in [-0.2, -0.15) is 0 Å². The lowest BCUT2D eigenvalue weighted by Crippen LogP contribution is -2.36. The first-order chi connectivity index (χ1) is 14.6. The Bertz CT molecular complexity index is 1140. The zero-order valence-corrected chi connectivity index (χ0v) is 18.4. The molecule has 4 nitrogen and oxygen atoms in total. The molecular formula is C24H22N2O2S2. The second-order valence-corrected chi connectivity index (χ2v) is 9.83. The Hall–Kier alpha value is -2.57. The van der Waals surface area contributed by atoms with Crippen LogP contribution in [0.15, 0.2) is 46.8 Å². The number of aliphatic imine (C=N–C) groups is 1. The second-order valence-electron chi connectivity index (χ2n) is 7.80. The molecule has 3 aromatic rings. The summed E-state index contributed by atoms with van der Waals surface area (Å²) in [7, 11) is 0. The van der Waals surface area contributed by atoms with Crippen LogP contribution in [0.4, 0.5) is 5.00 Å². The van der Waals surface area contributed by atoms with Crippen molar-refractivity contribution in [3.63, 3.8) is 0 Å². The van der Waals surface area contributed by atoms with Gasteiger partial charge in [0.15, 0.2) is 5.78 Å². The van der Waals surface area contributed by atoms with Crippen molar-refractivity contribution in [2.75, 3.05) is 18.0 Å². The molecule has 0 unspecified atom stereocenters. The van der Waals surface area contributed by atoms with Gasteiger partial charge in [-0.15, -0.1) is 22.7 Å². The van der Waals surface area contributed by atoms with Crippen molar-refractivity contribution in [2.45, 2.75) is 32.6 Å². The van der Waals surface area contributed by atoms with Crippen LogP contribution in [0.1, 0.15) is 49.6 Å². The lowest BCUT2D eigenvalue weighted by molar-refractivity contribution is -0.117. The van der Waals surface area contributed by atoms with Crippen molar-refractivity contribution >= 4 is 45.1 Å². The molecule has 1 aliphatic heterocycles. The van der Waals surface area contributed by atoms with Crippen molar-refractivity contribution in [1.29, 1.82) is 0 Å².